The van der Waals surface area contributed by atoms with Crippen LogP contribution in [0.2, 0.25) is 0 Å². The van der Waals surface area contributed by atoms with Crippen molar-refractivity contribution in [2.75, 3.05) is 0 Å². The van der Waals surface area contributed by atoms with Gasteiger partial charge in [0.05, 0.1) is 12.5 Å². The molecule has 0 bridgehead atoms. The van der Waals surface area contributed by atoms with E-state index in [-0.39, 0.29) is 6.04 Å². The number of hydrogen-bond donors (Lipinski definition) is 1. The van der Waals surface area contributed by atoms with Crippen LogP contribution in [-0.4, -0.2) is 6.04 Å². The van der Waals surface area contributed by atoms with Crippen LogP contribution in [0.15, 0.2) is 30.3 Å². The smallest absolute Gasteiger partial charge is 0.0641 e. The Kier molecular flexibility index (Phi) is 6.46. The molecule has 0 aliphatic rings. The third-order valence-corrected chi connectivity index (χ3v) is 3.44. The molecule has 0 spiro atoms. The molecule has 0 fully saturated rings. The molecule has 2 nitrogen and oxygen atoms in total. The molecule has 0 saturated heterocycles. The van der Waals surface area contributed by atoms with Crippen molar-refractivity contribution in [3.63, 3.8) is 0 Å². The zero-order chi connectivity index (χ0) is 13.4. The molecule has 0 heterocycles. The summed E-state index contributed by atoms with van der Waals surface area (Å²) < 4.78 is 0. The topological polar surface area (TPSA) is 35.8 Å². The van der Waals surface area contributed by atoms with Gasteiger partial charge in [-0.15, -0.1) is 0 Å². The number of nitrogens with zero attached hydrogens (tertiary/aromatic N) is 1. The largest absolute Gasteiger partial charge is 0.307 e. The van der Waals surface area contributed by atoms with E-state index in [9.17, 15) is 0 Å². The molecule has 1 aromatic carbocycles. The number of hydrogen-bond acceptors (Lipinski definition) is 2. The number of nitrogens with one attached hydrogen (secondary N) is 1. The maximum Gasteiger partial charge on any atom is 0.0641 e. The van der Waals surface area contributed by atoms with Crippen molar-refractivity contribution in [3.8, 4) is 6.07 Å². The highest BCUT2D eigenvalue weighted by Crippen LogP contribution is 2.19. The molecule has 3 atom stereocenters. The van der Waals surface area contributed by atoms with Gasteiger partial charge in [-0.3, -0.25) is 0 Å². The Morgan fingerprint density at radius 3 is 2.44 bits per heavy atom. The van der Waals surface area contributed by atoms with Crippen LogP contribution >= 0.6 is 0 Å². The fourth-order valence-electron chi connectivity index (χ4n) is 2.23. The van der Waals surface area contributed by atoms with Gasteiger partial charge in [-0.1, -0.05) is 50.6 Å². The van der Waals surface area contributed by atoms with Gasteiger partial charge in [-0.25, -0.2) is 0 Å². The zero-order valence-corrected chi connectivity index (χ0v) is 11.7. The van der Waals surface area contributed by atoms with Gasteiger partial charge in [0.1, 0.15) is 0 Å². The van der Waals surface area contributed by atoms with E-state index in [1.165, 1.54) is 12.0 Å². The molecular weight excluding hydrogens is 220 g/mol. The molecule has 0 aliphatic carbocycles. The minimum absolute atomic E-state index is 0.148. The zero-order valence-electron chi connectivity index (χ0n) is 11.7. The van der Waals surface area contributed by atoms with Gasteiger partial charge in [-0.2, -0.15) is 5.26 Å². The molecule has 1 aromatic rings. The van der Waals surface area contributed by atoms with E-state index in [2.05, 4.69) is 44.3 Å². The van der Waals surface area contributed by atoms with E-state index < -0.39 is 0 Å². The lowest BCUT2D eigenvalue weighted by Gasteiger charge is -2.23. The van der Waals surface area contributed by atoms with Crippen LogP contribution in [0.4, 0.5) is 0 Å². The first-order valence-corrected chi connectivity index (χ1v) is 6.85. The summed E-state index contributed by atoms with van der Waals surface area (Å²) in [6, 6.07) is 13.1. The Hall–Kier alpha value is -1.33. The van der Waals surface area contributed by atoms with E-state index in [0.717, 1.165) is 12.3 Å². The van der Waals surface area contributed by atoms with E-state index in [4.69, 9.17) is 5.26 Å². The molecular formula is C16H24N2. The number of rotatable bonds is 7. The predicted octanol–water partition coefficient (Wildman–Crippen LogP) is 4.06. The molecule has 0 radical (unpaired) electrons. The molecule has 0 aromatic heterocycles. The summed E-state index contributed by atoms with van der Waals surface area (Å²) in [6.07, 6.45) is 2.89. The predicted molar refractivity (Wildman–Crippen MR) is 76.1 cm³/mol. The number of benzene rings is 1. The van der Waals surface area contributed by atoms with Crippen molar-refractivity contribution in [1.29, 1.82) is 5.26 Å². The standard InChI is InChI=1S/C16H24N2/c1-4-13(2)12-14(3)18-16(10-11-17)15-8-6-5-7-9-15/h5-9,13-14,16,18H,4,10,12H2,1-3H3. The van der Waals surface area contributed by atoms with Gasteiger partial charge in [0.2, 0.25) is 0 Å². The van der Waals surface area contributed by atoms with Crippen LogP contribution in [0.3, 0.4) is 0 Å². The summed E-state index contributed by atoms with van der Waals surface area (Å²) >= 11 is 0. The van der Waals surface area contributed by atoms with E-state index in [1.807, 2.05) is 18.2 Å². The Labute approximate surface area is 111 Å². The van der Waals surface area contributed by atoms with Crippen molar-refractivity contribution in [1.82, 2.24) is 5.32 Å². The third-order valence-electron chi connectivity index (χ3n) is 3.44. The first kappa shape index (κ1) is 14.7. The molecule has 1 N–H and O–H groups in total. The van der Waals surface area contributed by atoms with E-state index in [0.29, 0.717) is 12.5 Å². The van der Waals surface area contributed by atoms with Gasteiger partial charge >= 0.3 is 0 Å². The summed E-state index contributed by atoms with van der Waals surface area (Å²) in [4.78, 5) is 0. The quantitative estimate of drug-likeness (QED) is 0.785. The lowest BCUT2D eigenvalue weighted by atomic mass is 9.98. The van der Waals surface area contributed by atoms with Gasteiger partial charge in [-0.05, 0) is 24.8 Å². The van der Waals surface area contributed by atoms with Crippen LogP contribution in [0, 0.1) is 17.2 Å². The second-order valence-corrected chi connectivity index (χ2v) is 5.14. The van der Waals surface area contributed by atoms with Gasteiger partial charge in [0, 0.05) is 12.1 Å². The first-order chi connectivity index (χ1) is 8.67. The molecule has 0 amide bonds. The average Bonchev–Trinajstić information content (AvgIpc) is 2.39. The highest BCUT2D eigenvalue weighted by molar-refractivity contribution is 5.20. The maximum atomic E-state index is 8.95. The molecule has 18 heavy (non-hydrogen) atoms. The summed E-state index contributed by atoms with van der Waals surface area (Å²) in [6.45, 7) is 6.71. The lowest BCUT2D eigenvalue weighted by molar-refractivity contribution is 0.377. The lowest BCUT2D eigenvalue weighted by Crippen LogP contribution is -2.31. The van der Waals surface area contributed by atoms with E-state index in [1.54, 1.807) is 0 Å². The normalized spacial score (nSPS) is 15.7. The molecule has 98 valence electrons. The monoisotopic (exact) mass is 244 g/mol. The molecule has 3 unspecified atom stereocenters. The highest BCUT2D eigenvalue weighted by Gasteiger charge is 2.15. The van der Waals surface area contributed by atoms with E-state index >= 15 is 0 Å². The summed E-state index contributed by atoms with van der Waals surface area (Å²) in [5.41, 5.74) is 1.20. The van der Waals surface area contributed by atoms with Crippen LogP contribution < -0.4 is 5.32 Å². The molecule has 0 saturated carbocycles. The summed E-state index contributed by atoms with van der Waals surface area (Å²) in [5, 5.41) is 12.5. The van der Waals surface area contributed by atoms with Crippen molar-refractivity contribution in [3.05, 3.63) is 35.9 Å². The summed E-state index contributed by atoms with van der Waals surface area (Å²) in [7, 11) is 0. The maximum absolute atomic E-state index is 8.95. The average molecular weight is 244 g/mol. The Morgan fingerprint density at radius 1 is 1.22 bits per heavy atom. The van der Waals surface area contributed by atoms with Crippen LogP contribution in [-0.2, 0) is 0 Å². The van der Waals surface area contributed by atoms with Crippen molar-refractivity contribution in [2.45, 2.75) is 52.1 Å². The van der Waals surface area contributed by atoms with Gasteiger partial charge in [0.25, 0.3) is 0 Å². The second kappa shape index (κ2) is 7.89. The third kappa shape index (κ3) is 4.89. The molecule has 0 aliphatic heterocycles. The molecule has 2 heteroatoms. The SMILES string of the molecule is CCC(C)CC(C)NC(CC#N)c1ccccc1. The Bertz CT molecular complexity index is 366. The van der Waals surface area contributed by atoms with Crippen LogP contribution in [0.1, 0.15) is 51.6 Å². The van der Waals surface area contributed by atoms with Crippen molar-refractivity contribution < 1.29 is 0 Å². The van der Waals surface area contributed by atoms with Crippen LogP contribution in [0.25, 0.3) is 0 Å². The fourth-order valence-corrected chi connectivity index (χ4v) is 2.23. The number of nitriles is 1. The Balaban J connectivity index is 2.61. The van der Waals surface area contributed by atoms with Crippen molar-refractivity contribution >= 4 is 0 Å². The highest BCUT2D eigenvalue weighted by atomic mass is 14.9. The minimum atomic E-state index is 0.148. The van der Waals surface area contributed by atoms with Gasteiger partial charge < -0.3 is 5.32 Å². The molecule has 1 rings (SSSR count). The van der Waals surface area contributed by atoms with Crippen molar-refractivity contribution in [2.24, 2.45) is 5.92 Å². The first-order valence-electron chi connectivity index (χ1n) is 6.85. The second-order valence-electron chi connectivity index (χ2n) is 5.14. The fraction of sp³-hybridized carbons (Fsp3) is 0.562. The minimum Gasteiger partial charge on any atom is -0.307 e. The van der Waals surface area contributed by atoms with Crippen LogP contribution in [0.5, 0.6) is 0 Å². The Morgan fingerprint density at radius 2 is 1.89 bits per heavy atom. The van der Waals surface area contributed by atoms with Gasteiger partial charge in [0.15, 0.2) is 0 Å². The summed E-state index contributed by atoms with van der Waals surface area (Å²) in [5.74, 6) is 0.728.